The molecule has 0 aliphatic carbocycles. The molecule has 2 aromatic rings. The molecule has 1 amide bonds. The molecule has 1 aliphatic heterocycles. The van der Waals surface area contributed by atoms with Gasteiger partial charge in [0.2, 0.25) is 0 Å². The predicted molar refractivity (Wildman–Crippen MR) is 88.0 cm³/mol. The summed E-state index contributed by atoms with van der Waals surface area (Å²) in [6.07, 6.45) is 1.84. The average molecular weight is 292 g/mol. The van der Waals surface area contributed by atoms with Gasteiger partial charge in [-0.1, -0.05) is 30.3 Å². The van der Waals surface area contributed by atoms with Gasteiger partial charge in [-0.2, -0.15) is 10.1 Å². The molecule has 2 aromatic carbocycles. The monoisotopic (exact) mass is 292 g/mol. The third-order valence-electron chi connectivity index (χ3n) is 3.47. The van der Waals surface area contributed by atoms with Gasteiger partial charge in [-0.15, -0.1) is 0 Å². The summed E-state index contributed by atoms with van der Waals surface area (Å²) >= 11 is 0. The minimum absolute atomic E-state index is 0.119. The lowest BCUT2D eigenvalue weighted by Gasteiger charge is -2.11. The Bertz CT molecular complexity index is 764. The fourth-order valence-electron chi connectivity index (χ4n) is 2.33. The van der Waals surface area contributed by atoms with Crippen LogP contribution in [0.3, 0.4) is 0 Å². The van der Waals surface area contributed by atoms with E-state index in [0.717, 1.165) is 17.0 Å². The Kier molecular flexibility index (Phi) is 3.74. The number of ether oxygens (including phenoxy) is 1. The summed E-state index contributed by atoms with van der Waals surface area (Å²) in [5, 5.41) is 5.79. The molecule has 3 rings (SSSR count). The molecule has 0 saturated heterocycles. The van der Waals surface area contributed by atoms with Gasteiger partial charge in [0, 0.05) is 0 Å². The topological polar surface area (TPSA) is 41.9 Å². The van der Waals surface area contributed by atoms with Gasteiger partial charge in [-0.25, -0.2) is 0 Å². The molecule has 4 nitrogen and oxygen atoms in total. The van der Waals surface area contributed by atoms with Crippen molar-refractivity contribution in [3.63, 3.8) is 0 Å². The molecule has 0 N–H and O–H groups in total. The summed E-state index contributed by atoms with van der Waals surface area (Å²) in [6.45, 7) is 1.84. The number of rotatable bonds is 3. The molecule has 1 aliphatic rings. The molecule has 0 bridgehead atoms. The summed E-state index contributed by atoms with van der Waals surface area (Å²) in [7, 11) is 1.62. The second kappa shape index (κ2) is 5.85. The Balaban J connectivity index is 1.94. The predicted octanol–water partition coefficient (Wildman–Crippen LogP) is 3.50. The van der Waals surface area contributed by atoms with E-state index in [1.807, 2.05) is 67.6 Å². The van der Waals surface area contributed by atoms with Crippen LogP contribution in [0.4, 0.5) is 5.69 Å². The molecule has 0 spiro atoms. The second-order valence-electron chi connectivity index (χ2n) is 4.97. The standard InChI is InChI=1S/C18H16N2O2/c1-13-17(12-14-7-6-10-16(11-14)22-2)18(21)20(19-13)15-8-4-3-5-9-15/h3-12H,1-2H3. The van der Waals surface area contributed by atoms with Crippen LogP contribution in [-0.4, -0.2) is 18.7 Å². The first-order chi connectivity index (χ1) is 10.7. The van der Waals surface area contributed by atoms with Crippen LogP contribution in [0.15, 0.2) is 65.3 Å². The van der Waals surface area contributed by atoms with Crippen molar-refractivity contribution in [1.29, 1.82) is 0 Å². The fourth-order valence-corrected chi connectivity index (χ4v) is 2.33. The Labute approximate surface area is 129 Å². The normalized spacial score (nSPS) is 16.1. The number of methoxy groups -OCH3 is 1. The van der Waals surface area contributed by atoms with Gasteiger partial charge in [-0.05, 0) is 42.8 Å². The molecule has 0 saturated carbocycles. The zero-order valence-corrected chi connectivity index (χ0v) is 12.5. The number of amides is 1. The third kappa shape index (κ3) is 2.63. The summed E-state index contributed by atoms with van der Waals surface area (Å²) in [6, 6.07) is 17.0. The van der Waals surface area contributed by atoms with Crippen LogP contribution in [0.25, 0.3) is 6.08 Å². The Hall–Kier alpha value is -2.88. The van der Waals surface area contributed by atoms with Crippen molar-refractivity contribution in [3.05, 3.63) is 65.7 Å². The van der Waals surface area contributed by atoms with E-state index in [-0.39, 0.29) is 5.91 Å². The summed E-state index contributed by atoms with van der Waals surface area (Å²) in [4.78, 5) is 12.6. The minimum Gasteiger partial charge on any atom is -0.497 e. The van der Waals surface area contributed by atoms with Gasteiger partial charge in [0.05, 0.1) is 24.1 Å². The van der Waals surface area contributed by atoms with Crippen LogP contribution in [0.5, 0.6) is 5.75 Å². The van der Waals surface area contributed by atoms with Gasteiger partial charge in [0.25, 0.3) is 5.91 Å². The van der Waals surface area contributed by atoms with Crippen LogP contribution < -0.4 is 9.75 Å². The quantitative estimate of drug-likeness (QED) is 0.812. The van der Waals surface area contributed by atoms with Crippen molar-refractivity contribution in [3.8, 4) is 5.75 Å². The van der Waals surface area contributed by atoms with Crippen LogP contribution in [0.2, 0.25) is 0 Å². The van der Waals surface area contributed by atoms with E-state index in [1.165, 1.54) is 5.01 Å². The fraction of sp³-hybridized carbons (Fsp3) is 0.111. The van der Waals surface area contributed by atoms with E-state index >= 15 is 0 Å². The molecule has 4 heteroatoms. The maximum Gasteiger partial charge on any atom is 0.280 e. The number of hydrogen-bond donors (Lipinski definition) is 0. The van der Waals surface area contributed by atoms with E-state index < -0.39 is 0 Å². The zero-order chi connectivity index (χ0) is 15.5. The Morgan fingerprint density at radius 1 is 1.09 bits per heavy atom. The van der Waals surface area contributed by atoms with Gasteiger partial charge in [0.15, 0.2) is 0 Å². The summed E-state index contributed by atoms with van der Waals surface area (Å²) in [5.74, 6) is 0.640. The van der Waals surface area contributed by atoms with Gasteiger partial charge in [-0.3, -0.25) is 4.79 Å². The maximum atomic E-state index is 12.6. The van der Waals surface area contributed by atoms with Crippen LogP contribution in [0, 0.1) is 0 Å². The van der Waals surface area contributed by atoms with Crippen molar-refractivity contribution >= 4 is 23.4 Å². The number of anilines is 1. The lowest BCUT2D eigenvalue weighted by Crippen LogP contribution is -2.21. The van der Waals surface area contributed by atoms with Gasteiger partial charge < -0.3 is 4.74 Å². The zero-order valence-electron chi connectivity index (χ0n) is 12.5. The van der Waals surface area contributed by atoms with E-state index in [0.29, 0.717) is 11.3 Å². The Morgan fingerprint density at radius 2 is 1.86 bits per heavy atom. The van der Waals surface area contributed by atoms with Crippen molar-refractivity contribution in [2.45, 2.75) is 6.92 Å². The van der Waals surface area contributed by atoms with E-state index in [9.17, 15) is 4.79 Å². The minimum atomic E-state index is -0.119. The van der Waals surface area contributed by atoms with E-state index in [4.69, 9.17) is 4.74 Å². The highest BCUT2D eigenvalue weighted by Gasteiger charge is 2.28. The Morgan fingerprint density at radius 3 is 2.59 bits per heavy atom. The first-order valence-corrected chi connectivity index (χ1v) is 7.00. The molecule has 0 unspecified atom stereocenters. The summed E-state index contributed by atoms with van der Waals surface area (Å²) < 4.78 is 5.21. The first-order valence-electron chi connectivity index (χ1n) is 7.00. The van der Waals surface area contributed by atoms with Crippen LogP contribution >= 0.6 is 0 Å². The maximum absolute atomic E-state index is 12.6. The number of hydrazone groups is 1. The number of carbonyl (C=O) groups excluding carboxylic acids is 1. The van der Waals surface area contributed by atoms with Crippen LogP contribution in [-0.2, 0) is 4.79 Å². The summed E-state index contributed by atoms with van der Waals surface area (Å²) in [5.41, 5.74) is 2.97. The van der Waals surface area contributed by atoms with Crippen molar-refractivity contribution in [2.24, 2.45) is 5.10 Å². The molecule has 1 heterocycles. The van der Waals surface area contributed by atoms with Crippen molar-refractivity contribution < 1.29 is 9.53 Å². The second-order valence-corrected chi connectivity index (χ2v) is 4.97. The number of nitrogens with zero attached hydrogens (tertiary/aromatic N) is 2. The third-order valence-corrected chi connectivity index (χ3v) is 3.47. The molecule has 0 radical (unpaired) electrons. The molecular formula is C18H16N2O2. The molecule has 0 aromatic heterocycles. The van der Waals surface area contributed by atoms with E-state index in [2.05, 4.69) is 5.10 Å². The number of para-hydroxylation sites is 1. The van der Waals surface area contributed by atoms with Gasteiger partial charge >= 0.3 is 0 Å². The molecule has 0 fully saturated rings. The number of benzene rings is 2. The number of carbonyl (C=O) groups is 1. The van der Waals surface area contributed by atoms with Gasteiger partial charge in [0.1, 0.15) is 5.75 Å². The SMILES string of the molecule is COc1cccc(C=C2C(=O)N(c3ccccc3)N=C2C)c1. The lowest BCUT2D eigenvalue weighted by molar-refractivity contribution is -0.114. The largest absolute Gasteiger partial charge is 0.497 e. The van der Waals surface area contributed by atoms with Crippen molar-refractivity contribution in [1.82, 2.24) is 0 Å². The molecule has 0 atom stereocenters. The van der Waals surface area contributed by atoms with E-state index in [1.54, 1.807) is 7.11 Å². The van der Waals surface area contributed by atoms with Crippen molar-refractivity contribution in [2.75, 3.05) is 12.1 Å². The highest BCUT2D eigenvalue weighted by atomic mass is 16.5. The highest BCUT2D eigenvalue weighted by Crippen LogP contribution is 2.25. The lowest BCUT2D eigenvalue weighted by atomic mass is 10.1. The first kappa shape index (κ1) is 14.1. The molecular weight excluding hydrogens is 276 g/mol. The highest BCUT2D eigenvalue weighted by molar-refractivity contribution is 6.32. The number of hydrogen-bond acceptors (Lipinski definition) is 3. The smallest absolute Gasteiger partial charge is 0.280 e. The average Bonchev–Trinajstić information content (AvgIpc) is 2.84. The molecule has 110 valence electrons. The van der Waals surface area contributed by atoms with Crippen LogP contribution in [0.1, 0.15) is 12.5 Å². The molecule has 22 heavy (non-hydrogen) atoms.